The van der Waals surface area contributed by atoms with Crippen LogP contribution in [0.15, 0.2) is 18.6 Å². The summed E-state index contributed by atoms with van der Waals surface area (Å²) in [5, 5.41) is 10.2. The van der Waals surface area contributed by atoms with Gasteiger partial charge in [-0.15, -0.1) is 0 Å². The normalized spacial score (nSPS) is 21.8. The third kappa shape index (κ3) is 5.89. The molecule has 170 valence electrons. The topological polar surface area (TPSA) is 102 Å². The van der Waals surface area contributed by atoms with Crippen molar-refractivity contribution in [3.05, 3.63) is 30.0 Å². The molecule has 2 fully saturated rings. The number of aliphatic hydroxyl groups is 1. The summed E-state index contributed by atoms with van der Waals surface area (Å²) < 4.78 is 7.40. The average Bonchev–Trinajstić information content (AvgIpc) is 3.26. The Kier molecular flexibility index (Phi) is 8.54. The monoisotopic (exact) mass is 429 g/mol. The molecule has 0 aromatic carbocycles. The predicted molar refractivity (Wildman–Crippen MR) is 119 cm³/mol. The van der Waals surface area contributed by atoms with E-state index in [1.165, 1.54) is 19.3 Å². The van der Waals surface area contributed by atoms with Crippen molar-refractivity contribution in [2.45, 2.75) is 75.9 Å². The van der Waals surface area contributed by atoms with Gasteiger partial charge in [0.25, 0.3) is 5.91 Å². The van der Waals surface area contributed by atoms with E-state index in [1.54, 1.807) is 19.6 Å². The lowest BCUT2D eigenvalue weighted by atomic mass is 9.85. The van der Waals surface area contributed by atoms with Gasteiger partial charge in [0.2, 0.25) is 0 Å². The molecule has 0 spiro atoms. The minimum absolute atomic E-state index is 0.0884. The van der Waals surface area contributed by atoms with E-state index in [2.05, 4.69) is 15.3 Å². The minimum Gasteiger partial charge on any atom is -0.400 e. The van der Waals surface area contributed by atoms with Crippen LogP contribution < -0.4 is 5.32 Å². The first-order valence-corrected chi connectivity index (χ1v) is 11.3. The highest BCUT2D eigenvalue weighted by Crippen LogP contribution is 2.34. The van der Waals surface area contributed by atoms with E-state index in [9.17, 15) is 4.79 Å². The number of imidazole rings is 1. The fraction of sp³-hybridized carbons (Fsp3) is 0.652. The molecule has 0 radical (unpaired) electrons. The highest BCUT2D eigenvalue weighted by atomic mass is 16.5. The number of carbonyl (C=O) groups excluding carboxylic acids is 1. The number of nitrogens with zero attached hydrogens (tertiary/aromatic N) is 4. The molecule has 4 rings (SSSR count). The van der Waals surface area contributed by atoms with Gasteiger partial charge in [0.1, 0.15) is 11.4 Å². The first-order chi connectivity index (χ1) is 15.1. The SMILES string of the molecule is CO.COC1CCC(c2cc(C(=O)NC3CCCCC3)nc(-c3cncn3C)n2)CC1. The van der Waals surface area contributed by atoms with Gasteiger partial charge in [-0.25, -0.2) is 15.0 Å². The molecule has 0 bridgehead atoms. The second-order valence-corrected chi connectivity index (χ2v) is 8.41. The Morgan fingerprint density at radius 1 is 1.10 bits per heavy atom. The Morgan fingerprint density at radius 2 is 1.81 bits per heavy atom. The summed E-state index contributed by atoms with van der Waals surface area (Å²) in [6.45, 7) is 0. The number of rotatable bonds is 5. The van der Waals surface area contributed by atoms with Gasteiger partial charge in [-0.1, -0.05) is 19.3 Å². The summed E-state index contributed by atoms with van der Waals surface area (Å²) >= 11 is 0. The van der Waals surface area contributed by atoms with Crippen LogP contribution in [0.25, 0.3) is 11.5 Å². The molecule has 2 aromatic rings. The maximum absolute atomic E-state index is 13.0. The molecule has 8 heteroatoms. The highest BCUT2D eigenvalue weighted by molar-refractivity contribution is 5.93. The van der Waals surface area contributed by atoms with Crippen molar-refractivity contribution in [2.24, 2.45) is 7.05 Å². The molecule has 2 aliphatic rings. The molecule has 2 saturated carbocycles. The predicted octanol–water partition coefficient (Wildman–Crippen LogP) is 3.22. The molecule has 0 atom stereocenters. The number of carbonyl (C=O) groups is 1. The zero-order chi connectivity index (χ0) is 22.2. The largest absolute Gasteiger partial charge is 0.400 e. The Balaban J connectivity index is 0.00000132. The van der Waals surface area contributed by atoms with Crippen molar-refractivity contribution >= 4 is 5.91 Å². The van der Waals surface area contributed by atoms with Gasteiger partial charge in [0.05, 0.1) is 18.6 Å². The fourth-order valence-corrected chi connectivity index (χ4v) is 4.58. The quantitative estimate of drug-likeness (QED) is 0.757. The maximum atomic E-state index is 13.0. The van der Waals surface area contributed by atoms with Gasteiger partial charge in [-0.05, 0) is 44.6 Å². The Morgan fingerprint density at radius 3 is 2.42 bits per heavy atom. The van der Waals surface area contributed by atoms with Crippen LogP contribution in [-0.4, -0.2) is 56.9 Å². The lowest BCUT2D eigenvalue weighted by Crippen LogP contribution is -2.36. The van der Waals surface area contributed by atoms with E-state index >= 15 is 0 Å². The number of ether oxygens (including phenoxy) is 1. The summed E-state index contributed by atoms with van der Waals surface area (Å²) in [4.78, 5) is 26.7. The number of aliphatic hydroxyl groups excluding tert-OH is 1. The molecule has 2 aliphatic carbocycles. The molecule has 1 amide bonds. The number of nitrogens with one attached hydrogen (secondary N) is 1. The summed E-state index contributed by atoms with van der Waals surface area (Å²) in [6, 6.07) is 2.16. The number of aromatic nitrogens is 4. The van der Waals surface area contributed by atoms with E-state index in [0.717, 1.165) is 57.0 Å². The molecule has 2 aromatic heterocycles. The molecule has 0 saturated heterocycles. The van der Waals surface area contributed by atoms with Crippen molar-refractivity contribution in [3.8, 4) is 11.5 Å². The van der Waals surface area contributed by atoms with Crippen molar-refractivity contribution in [1.29, 1.82) is 0 Å². The Labute approximate surface area is 184 Å². The lowest BCUT2D eigenvalue weighted by Gasteiger charge is -2.27. The van der Waals surface area contributed by atoms with Gasteiger partial charge in [0, 0.05) is 38.9 Å². The zero-order valence-corrected chi connectivity index (χ0v) is 18.9. The zero-order valence-electron chi connectivity index (χ0n) is 18.9. The van der Waals surface area contributed by atoms with Gasteiger partial charge < -0.3 is 19.7 Å². The van der Waals surface area contributed by atoms with Crippen LogP contribution in [0.5, 0.6) is 0 Å². The fourth-order valence-electron chi connectivity index (χ4n) is 4.58. The number of methoxy groups -OCH3 is 1. The molecule has 0 unspecified atom stereocenters. The first-order valence-electron chi connectivity index (χ1n) is 11.3. The number of hydrogen-bond donors (Lipinski definition) is 2. The molecule has 2 heterocycles. The summed E-state index contributed by atoms with van der Waals surface area (Å²) in [5.74, 6) is 0.817. The summed E-state index contributed by atoms with van der Waals surface area (Å²) in [6.07, 6.45) is 13.6. The molecule has 0 aliphatic heterocycles. The van der Waals surface area contributed by atoms with Crippen molar-refractivity contribution in [2.75, 3.05) is 14.2 Å². The van der Waals surface area contributed by atoms with Crippen molar-refractivity contribution in [1.82, 2.24) is 24.8 Å². The van der Waals surface area contributed by atoms with Crippen LogP contribution in [0.2, 0.25) is 0 Å². The van der Waals surface area contributed by atoms with Gasteiger partial charge in [-0.2, -0.15) is 0 Å². The number of amides is 1. The average molecular weight is 430 g/mol. The molecule has 8 nitrogen and oxygen atoms in total. The minimum atomic E-state index is -0.0884. The summed E-state index contributed by atoms with van der Waals surface area (Å²) in [5.41, 5.74) is 2.24. The van der Waals surface area contributed by atoms with Gasteiger partial charge in [-0.3, -0.25) is 4.79 Å². The van der Waals surface area contributed by atoms with E-state index in [1.807, 2.05) is 17.7 Å². The van der Waals surface area contributed by atoms with Crippen LogP contribution in [0.1, 0.15) is 79.9 Å². The van der Waals surface area contributed by atoms with E-state index in [-0.39, 0.29) is 11.9 Å². The third-order valence-electron chi connectivity index (χ3n) is 6.39. The first kappa shape index (κ1) is 23.3. The van der Waals surface area contributed by atoms with Gasteiger partial charge >= 0.3 is 0 Å². The summed E-state index contributed by atoms with van der Waals surface area (Å²) in [7, 11) is 4.70. The van der Waals surface area contributed by atoms with E-state index in [4.69, 9.17) is 14.8 Å². The van der Waals surface area contributed by atoms with Crippen molar-refractivity contribution in [3.63, 3.8) is 0 Å². The molecular formula is C23H35N5O3. The lowest BCUT2D eigenvalue weighted by molar-refractivity contribution is 0.0654. The number of aryl methyl sites for hydroxylation is 1. The highest BCUT2D eigenvalue weighted by Gasteiger charge is 2.26. The maximum Gasteiger partial charge on any atom is 0.270 e. The molecule has 2 N–H and O–H groups in total. The van der Waals surface area contributed by atoms with Gasteiger partial charge in [0.15, 0.2) is 5.82 Å². The Hall–Kier alpha value is -2.32. The third-order valence-corrected chi connectivity index (χ3v) is 6.39. The molecular weight excluding hydrogens is 394 g/mol. The smallest absolute Gasteiger partial charge is 0.270 e. The van der Waals surface area contributed by atoms with E-state index < -0.39 is 0 Å². The Bertz CT molecular complexity index is 839. The van der Waals surface area contributed by atoms with E-state index in [0.29, 0.717) is 23.5 Å². The molecule has 31 heavy (non-hydrogen) atoms. The van der Waals surface area contributed by atoms with Crippen LogP contribution in [0.3, 0.4) is 0 Å². The van der Waals surface area contributed by atoms with Crippen LogP contribution >= 0.6 is 0 Å². The standard InChI is InChI=1S/C22H31N5O2.CH4O/c1-27-14-23-13-20(27)21-25-18(15-8-10-17(29-2)11-9-15)12-19(26-21)22(28)24-16-6-4-3-5-7-16;1-2/h12-17H,3-11H2,1-2H3,(H,24,28);2H,1H3. The second kappa shape index (κ2) is 11.3. The van der Waals surface area contributed by atoms with Crippen LogP contribution in [-0.2, 0) is 11.8 Å². The second-order valence-electron chi connectivity index (χ2n) is 8.41. The number of hydrogen-bond acceptors (Lipinski definition) is 6. The van der Waals surface area contributed by atoms with Crippen LogP contribution in [0, 0.1) is 0 Å². The van der Waals surface area contributed by atoms with Crippen molar-refractivity contribution < 1.29 is 14.6 Å². The van der Waals surface area contributed by atoms with Crippen LogP contribution in [0.4, 0.5) is 0 Å².